The number of hydrogen-bond acceptors (Lipinski definition) is 5. The zero-order chi connectivity index (χ0) is 21.5. The van der Waals surface area contributed by atoms with E-state index in [1.807, 2.05) is 13.0 Å². The van der Waals surface area contributed by atoms with Crippen LogP contribution in [0.15, 0.2) is 42.6 Å². The van der Waals surface area contributed by atoms with E-state index in [1.165, 1.54) is 24.3 Å². The van der Waals surface area contributed by atoms with Crippen LogP contribution in [0.4, 0.5) is 14.5 Å². The Labute approximate surface area is 178 Å². The van der Waals surface area contributed by atoms with Crippen LogP contribution < -0.4 is 10.6 Å². The molecule has 1 aliphatic rings. The summed E-state index contributed by atoms with van der Waals surface area (Å²) in [6.07, 6.45) is 3.34. The number of hydrogen-bond donors (Lipinski definition) is 2. The number of halogens is 2. The van der Waals surface area contributed by atoms with Crippen molar-refractivity contribution in [3.63, 3.8) is 0 Å². The van der Waals surface area contributed by atoms with Crippen LogP contribution in [0.25, 0.3) is 33.7 Å². The minimum absolute atomic E-state index is 0.156. The second-order valence-electron chi connectivity index (χ2n) is 8.04. The molecule has 0 bridgehead atoms. The molecule has 1 saturated heterocycles. The molecular weight excluding hydrogens is 398 g/mol. The van der Waals surface area contributed by atoms with E-state index in [2.05, 4.69) is 25.1 Å². The van der Waals surface area contributed by atoms with Gasteiger partial charge in [-0.15, -0.1) is 5.10 Å². The van der Waals surface area contributed by atoms with Gasteiger partial charge in [-0.25, -0.2) is 13.8 Å². The van der Waals surface area contributed by atoms with Gasteiger partial charge in [-0.1, -0.05) is 6.07 Å². The van der Waals surface area contributed by atoms with Gasteiger partial charge in [0.15, 0.2) is 11.5 Å². The van der Waals surface area contributed by atoms with Crippen LogP contribution in [0.5, 0.6) is 0 Å². The largest absolute Gasteiger partial charge is 0.369 e. The molecule has 0 amide bonds. The van der Waals surface area contributed by atoms with E-state index in [1.54, 1.807) is 12.3 Å². The summed E-state index contributed by atoms with van der Waals surface area (Å²) in [6.45, 7) is 3.35. The molecule has 1 fully saturated rings. The average Bonchev–Trinajstić information content (AvgIpc) is 3.16. The molecule has 158 valence electrons. The van der Waals surface area contributed by atoms with Crippen molar-refractivity contribution >= 4 is 16.7 Å². The average molecular weight is 420 g/mol. The fourth-order valence-corrected chi connectivity index (χ4v) is 4.18. The summed E-state index contributed by atoms with van der Waals surface area (Å²) in [5.74, 6) is -0.169. The molecule has 0 atom stereocenters. The van der Waals surface area contributed by atoms with Gasteiger partial charge in [0, 0.05) is 30.8 Å². The lowest BCUT2D eigenvalue weighted by Crippen LogP contribution is -2.40. The summed E-state index contributed by atoms with van der Waals surface area (Å²) in [5.41, 5.74) is 11.0. The molecule has 0 aliphatic carbocycles. The second kappa shape index (κ2) is 7.70. The van der Waals surface area contributed by atoms with Gasteiger partial charge in [0.2, 0.25) is 0 Å². The van der Waals surface area contributed by atoms with Crippen LogP contribution >= 0.6 is 0 Å². The number of H-pyrrole nitrogens is 1. The van der Waals surface area contributed by atoms with Gasteiger partial charge in [0.25, 0.3) is 0 Å². The highest BCUT2D eigenvalue weighted by molar-refractivity contribution is 5.89. The van der Waals surface area contributed by atoms with Crippen LogP contribution in [0.2, 0.25) is 0 Å². The minimum Gasteiger partial charge on any atom is -0.369 e. The van der Waals surface area contributed by atoms with E-state index in [9.17, 15) is 8.78 Å². The van der Waals surface area contributed by atoms with Gasteiger partial charge >= 0.3 is 0 Å². The number of rotatable bonds is 3. The monoisotopic (exact) mass is 420 g/mol. The topological polar surface area (TPSA) is 83.7 Å². The number of nitrogens with one attached hydrogen (secondary N) is 1. The molecule has 1 aliphatic heterocycles. The van der Waals surface area contributed by atoms with Gasteiger partial charge in [-0.05, 0) is 55.2 Å². The van der Waals surface area contributed by atoms with Gasteiger partial charge < -0.3 is 15.6 Å². The number of aromatic amines is 1. The molecule has 8 heteroatoms. The molecule has 4 aromatic rings. The van der Waals surface area contributed by atoms with Crippen LogP contribution in [-0.4, -0.2) is 39.3 Å². The number of fused-ring (bicyclic) bond motifs is 1. The Morgan fingerprint density at radius 3 is 2.65 bits per heavy atom. The first kappa shape index (κ1) is 19.6. The third kappa shape index (κ3) is 3.74. The van der Waals surface area contributed by atoms with Crippen molar-refractivity contribution in [2.45, 2.75) is 25.8 Å². The minimum atomic E-state index is -0.356. The SMILES string of the molecule is Cc1cc(F)cc(-c2cnnc(-c3nc4cc(F)ccc4[nH]3)c2N2CCC(N)CC2)c1. The van der Waals surface area contributed by atoms with Gasteiger partial charge in [-0.2, -0.15) is 5.10 Å². The van der Waals surface area contributed by atoms with Crippen molar-refractivity contribution in [3.8, 4) is 22.6 Å². The molecule has 5 rings (SSSR count). The zero-order valence-electron chi connectivity index (χ0n) is 17.1. The van der Waals surface area contributed by atoms with E-state index in [0.29, 0.717) is 22.6 Å². The van der Waals surface area contributed by atoms with Crippen LogP contribution in [-0.2, 0) is 0 Å². The Hall–Kier alpha value is -3.39. The number of anilines is 1. The molecule has 31 heavy (non-hydrogen) atoms. The van der Waals surface area contributed by atoms with Gasteiger partial charge in [-0.3, -0.25) is 0 Å². The summed E-state index contributed by atoms with van der Waals surface area (Å²) in [6, 6.07) is 9.48. The standard InChI is InChI=1S/C23H22F2N6/c1-13-8-14(10-16(25)9-13)18-12-27-30-21(22(18)31-6-4-17(26)5-7-31)23-28-19-3-2-15(24)11-20(19)29-23/h2-3,8-12,17H,4-7,26H2,1H3,(H,28,29). The molecular formula is C23H22F2N6. The number of piperidine rings is 1. The number of nitrogens with two attached hydrogens (primary N) is 1. The van der Waals surface area contributed by atoms with Crippen LogP contribution in [0.3, 0.4) is 0 Å². The van der Waals surface area contributed by atoms with Crippen molar-refractivity contribution in [1.82, 2.24) is 20.2 Å². The molecule has 3 heterocycles. The maximum atomic E-state index is 14.2. The second-order valence-corrected chi connectivity index (χ2v) is 8.04. The smallest absolute Gasteiger partial charge is 0.161 e. The van der Waals surface area contributed by atoms with Crippen LogP contribution in [0.1, 0.15) is 18.4 Å². The maximum absolute atomic E-state index is 14.2. The maximum Gasteiger partial charge on any atom is 0.161 e. The van der Waals surface area contributed by atoms with Crippen molar-refractivity contribution in [2.75, 3.05) is 18.0 Å². The fourth-order valence-electron chi connectivity index (χ4n) is 4.18. The van der Waals surface area contributed by atoms with E-state index >= 15 is 0 Å². The summed E-state index contributed by atoms with van der Waals surface area (Å²) in [5, 5.41) is 8.58. The number of aromatic nitrogens is 4. The van der Waals surface area contributed by atoms with E-state index < -0.39 is 0 Å². The van der Waals surface area contributed by atoms with E-state index in [0.717, 1.165) is 48.3 Å². The highest BCUT2D eigenvalue weighted by Gasteiger charge is 2.25. The quantitative estimate of drug-likeness (QED) is 0.519. The number of imidazole rings is 1. The van der Waals surface area contributed by atoms with E-state index in [-0.39, 0.29) is 17.7 Å². The lowest BCUT2D eigenvalue weighted by atomic mass is 9.99. The lowest BCUT2D eigenvalue weighted by molar-refractivity contribution is 0.501. The summed E-state index contributed by atoms with van der Waals surface area (Å²) < 4.78 is 27.9. The number of nitrogens with zero attached hydrogens (tertiary/aromatic N) is 4. The third-order valence-corrected chi connectivity index (χ3v) is 5.70. The summed E-state index contributed by atoms with van der Waals surface area (Å²) in [7, 11) is 0. The van der Waals surface area contributed by atoms with Crippen molar-refractivity contribution in [1.29, 1.82) is 0 Å². The van der Waals surface area contributed by atoms with E-state index in [4.69, 9.17) is 5.73 Å². The predicted molar refractivity (Wildman–Crippen MR) is 117 cm³/mol. The highest BCUT2D eigenvalue weighted by atomic mass is 19.1. The lowest BCUT2D eigenvalue weighted by Gasteiger charge is -2.34. The Morgan fingerprint density at radius 1 is 1.06 bits per heavy atom. The first-order chi connectivity index (χ1) is 15.0. The molecule has 6 nitrogen and oxygen atoms in total. The molecule has 2 aromatic carbocycles. The first-order valence-corrected chi connectivity index (χ1v) is 10.3. The highest BCUT2D eigenvalue weighted by Crippen LogP contribution is 2.38. The Bertz CT molecular complexity index is 1240. The van der Waals surface area contributed by atoms with Crippen molar-refractivity contribution < 1.29 is 8.78 Å². The molecule has 0 unspecified atom stereocenters. The van der Waals surface area contributed by atoms with Crippen molar-refractivity contribution in [2.24, 2.45) is 5.73 Å². The summed E-state index contributed by atoms with van der Waals surface area (Å²) in [4.78, 5) is 9.99. The third-order valence-electron chi connectivity index (χ3n) is 5.70. The molecule has 0 radical (unpaired) electrons. The molecule has 0 spiro atoms. The first-order valence-electron chi connectivity index (χ1n) is 10.3. The Morgan fingerprint density at radius 2 is 1.87 bits per heavy atom. The Balaban J connectivity index is 1.71. The molecule has 3 N–H and O–H groups in total. The van der Waals surface area contributed by atoms with Crippen molar-refractivity contribution in [3.05, 3.63) is 59.8 Å². The Kier molecular flexibility index (Phi) is 4.86. The zero-order valence-corrected chi connectivity index (χ0v) is 17.1. The number of benzene rings is 2. The van der Waals surface area contributed by atoms with Gasteiger partial charge in [0.05, 0.1) is 22.9 Å². The summed E-state index contributed by atoms with van der Waals surface area (Å²) >= 11 is 0. The van der Waals surface area contributed by atoms with Gasteiger partial charge in [0.1, 0.15) is 11.6 Å². The van der Waals surface area contributed by atoms with Crippen LogP contribution in [0, 0.1) is 18.6 Å². The fraction of sp³-hybridized carbons (Fsp3) is 0.261. The molecule has 0 saturated carbocycles. The number of aryl methyl sites for hydroxylation is 1. The molecule has 2 aromatic heterocycles. The normalized spacial score (nSPS) is 15.0. The predicted octanol–water partition coefficient (Wildman–Crippen LogP) is 4.20.